The first kappa shape index (κ1) is 99.2. The van der Waals surface area contributed by atoms with Gasteiger partial charge in [-0.15, -0.1) is 12.8 Å². The number of likely N-dealkylation sites (tertiary alicyclic amines) is 1. The van der Waals surface area contributed by atoms with E-state index >= 15 is 0 Å². The fraction of sp³-hybridized carbons (Fsp3) is 0.339. The maximum Gasteiger partial charge on any atom is 0.337 e. The zero-order valence-corrected chi connectivity index (χ0v) is 80.3. The molecule has 11 aromatic carbocycles. The zero-order valence-electron chi connectivity index (χ0n) is 79.5. The molecule has 0 N–H and O–H groups in total. The number of esters is 1. The molecular weight excluding hydrogens is 1660 g/mol. The Morgan fingerprint density at radius 1 is 0.346 bits per heavy atom. The molecular formula is C118H133N7O7S. The second-order valence-electron chi connectivity index (χ2n) is 35.3. The van der Waals surface area contributed by atoms with Crippen LogP contribution in [0, 0.1) is 24.7 Å². The van der Waals surface area contributed by atoms with Gasteiger partial charge in [0.25, 0.3) is 5.91 Å². The summed E-state index contributed by atoms with van der Waals surface area (Å²) in [6, 6.07) is 92.7. The Labute approximate surface area is 792 Å². The van der Waals surface area contributed by atoms with Gasteiger partial charge in [0.1, 0.15) is 0 Å². The number of piperidine rings is 5. The summed E-state index contributed by atoms with van der Waals surface area (Å²) in [6.45, 7) is 25.5. The average molecular weight is 1790 g/mol. The van der Waals surface area contributed by atoms with Crippen LogP contribution in [0.2, 0.25) is 0 Å². The van der Waals surface area contributed by atoms with Crippen molar-refractivity contribution in [1.29, 1.82) is 0 Å². The molecule has 0 saturated carbocycles. The number of terminal acetylenes is 2. The third-order valence-electron chi connectivity index (χ3n) is 27.1. The number of anilines is 3. The van der Waals surface area contributed by atoms with E-state index in [1.54, 1.807) is 48.5 Å². The second kappa shape index (κ2) is 50.2. The summed E-state index contributed by atoms with van der Waals surface area (Å²) < 4.78 is 31.9. The highest BCUT2D eigenvalue weighted by molar-refractivity contribution is 7.89. The van der Waals surface area contributed by atoms with Crippen LogP contribution in [0.5, 0.6) is 0 Å². The minimum atomic E-state index is -3.44. The zero-order chi connectivity index (χ0) is 94.0. The monoisotopic (exact) mass is 1790 g/mol. The number of aromatic nitrogens is 2. The van der Waals surface area contributed by atoms with Crippen molar-refractivity contribution >= 4 is 50.8 Å². The van der Waals surface area contributed by atoms with E-state index in [9.17, 15) is 27.6 Å². The molecule has 0 spiro atoms. The van der Waals surface area contributed by atoms with E-state index < -0.39 is 10.0 Å². The van der Waals surface area contributed by atoms with E-state index in [1.807, 2.05) is 90.1 Å². The van der Waals surface area contributed by atoms with Gasteiger partial charge in [-0.25, -0.2) is 23.2 Å². The lowest BCUT2D eigenvalue weighted by molar-refractivity contribution is 0.0599. The Hall–Kier alpha value is -12.8. The number of sulfonamides is 1. The molecule has 17 rings (SSSR count). The lowest BCUT2D eigenvalue weighted by atomic mass is 9.88. The highest BCUT2D eigenvalue weighted by Crippen LogP contribution is 2.37. The van der Waals surface area contributed by atoms with Crippen LogP contribution in [-0.2, 0) is 53.3 Å². The first-order valence-corrected chi connectivity index (χ1v) is 49.5. The number of hydrogen-bond donors (Lipinski definition) is 0. The van der Waals surface area contributed by atoms with Crippen LogP contribution >= 0.6 is 0 Å². The van der Waals surface area contributed by atoms with Gasteiger partial charge in [-0.05, 0) is 334 Å². The molecule has 6 heterocycles. The van der Waals surface area contributed by atoms with Gasteiger partial charge < -0.3 is 24.3 Å². The Kier molecular flexibility index (Phi) is 37.4. The normalized spacial score (nSPS) is 15.1. The summed E-state index contributed by atoms with van der Waals surface area (Å²) in [5.41, 5.74) is 24.4. The van der Waals surface area contributed by atoms with Gasteiger partial charge in [0.2, 0.25) is 16.0 Å². The lowest BCUT2D eigenvalue weighted by Gasteiger charge is -2.34. The van der Waals surface area contributed by atoms with Crippen molar-refractivity contribution in [1.82, 2.24) is 19.2 Å². The van der Waals surface area contributed by atoms with Crippen LogP contribution in [-0.4, -0.2) is 124 Å². The Bertz CT molecular complexity index is 5720. The molecule has 0 radical (unpaired) electrons. The van der Waals surface area contributed by atoms with Crippen LogP contribution in [0.1, 0.15) is 263 Å². The van der Waals surface area contributed by atoms with Gasteiger partial charge in [0.15, 0.2) is 11.6 Å². The molecule has 5 aliphatic rings. The predicted molar refractivity (Wildman–Crippen MR) is 547 cm³/mol. The van der Waals surface area contributed by atoms with E-state index in [2.05, 4.69) is 248 Å². The van der Waals surface area contributed by atoms with E-state index in [4.69, 9.17) is 17.6 Å². The number of nitrogens with zero attached hydrogens (tertiary/aromatic N) is 7. The predicted octanol–water partition coefficient (Wildman–Crippen LogP) is 24.8. The van der Waals surface area contributed by atoms with Crippen molar-refractivity contribution in [3.63, 3.8) is 0 Å². The van der Waals surface area contributed by atoms with Crippen molar-refractivity contribution in [3.8, 4) is 35.8 Å². The van der Waals surface area contributed by atoms with Gasteiger partial charge in [0, 0.05) is 117 Å². The number of carbonyl (C=O) groups excluding carboxylic acids is 4. The molecule has 133 heavy (non-hydrogen) atoms. The number of rotatable bonds is 21. The summed E-state index contributed by atoms with van der Waals surface area (Å²) in [4.78, 5) is 64.9. The van der Waals surface area contributed by atoms with Crippen LogP contribution in [0.4, 0.5) is 17.3 Å². The molecule has 688 valence electrons. The molecule has 0 aliphatic carbocycles. The highest BCUT2D eigenvalue weighted by Gasteiger charge is 2.32. The van der Waals surface area contributed by atoms with E-state index in [0.717, 1.165) is 156 Å². The second-order valence-corrected chi connectivity index (χ2v) is 37.2. The fourth-order valence-electron chi connectivity index (χ4n) is 18.2. The fourth-order valence-corrected chi connectivity index (χ4v) is 19.7. The number of hydrogen-bond acceptors (Lipinski definition) is 12. The lowest BCUT2D eigenvalue weighted by Crippen LogP contribution is -2.37. The highest BCUT2D eigenvalue weighted by atomic mass is 32.2. The van der Waals surface area contributed by atoms with Crippen LogP contribution in [0.15, 0.2) is 290 Å². The number of amides is 1. The Balaban J connectivity index is 0.000000144. The maximum atomic E-state index is 12.8. The van der Waals surface area contributed by atoms with Gasteiger partial charge in [-0.3, -0.25) is 14.4 Å². The summed E-state index contributed by atoms with van der Waals surface area (Å²) >= 11 is 0. The number of methoxy groups -OCH3 is 1. The number of aryl methyl sites for hydroxylation is 6. The SMILES string of the molecule is C#Cc1ccc(C(=O)N2CCC(c3ccc(CC)cc3)CC2)cc1.C#Cc1ccc(S(=O)(=O)N2CCC(c3ccc(CC)cc3)CC2)cc1.CCc1ccc(-c2cccc(C(=O)OC)c2)cc1.CCc1ccc(C2CCN(c3ccc(C(C)=O)cc3)CC2)cc1.CCc1ccc(C2CCN(c3ccc(C(C)=O)cc3)CC2)cc1.CCc1ccc(C2CCN(c3ncccn3)CC2)cc1. The topological polar surface area (TPSA) is 154 Å². The third-order valence-corrected chi connectivity index (χ3v) is 29.0. The van der Waals surface area contributed by atoms with Crippen molar-refractivity contribution in [2.24, 2.45) is 0 Å². The molecule has 0 atom stereocenters. The van der Waals surface area contributed by atoms with E-state index in [0.29, 0.717) is 58.7 Å². The Morgan fingerprint density at radius 3 is 0.977 bits per heavy atom. The largest absolute Gasteiger partial charge is 0.465 e. The molecule has 0 bridgehead atoms. The van der Waals surface area contributed by atoms with Crippen LogP contribution < -0.4 is 14.7 Å². The van der Waals surface area contributed by atoms with Crippen molar-refractivity contribution < 1.29 is 32.3 Å². The standard InChI is InChI=1S/C22H23NO.C21H23NO2S.2C21H25NO.C17H21N3.C16H16O2/c1-3-17-5-9-19(10-6-17)20-13-15-23(16-14-20)22(24)21-11-7-18(4-2)8-12-21;1-3-17-5-9-19(10-6-17)20-13-15-22(16-14-20)25(23,24)21-11-7-18(4-2)8-12-21;2*1-3-17-4-6-19(7-5-17)20-12-14-22(15-13-20)21-10-8-18(9-11-21)16(2)23;1-2-14-4-6-15(7-5-14)16-8-12-20(13-9-16)17-18-10-3-11-19-17;1-3-12-7-9-13(10-8-12)14-5-4-6-15(11-14)16(17)18-2/h2,5-12,20H,3,13-16H2,1H3;2,5-12,20H,3,13-16H2,1H3;2*4-11,20H,3,12-15H2,1-2H3;3-7,10-11,16H,2,8-9,12-13H2,1H3;4-11H,3H2,1-2H3. The summed E-state index contributed by atoms with van der Waals surface area (Å²) in [5, 5.41) is 0. The number of carbonyl (C=O) groups is 4. The molecule has 12 aromatic rings. The molecule has 5 aliphatic heterocycles. The molecule has 5 fully saturated rings. The average Bonchev–Trinajstić information content (AvgIpc) is 0.793. The quantitative estimate of drug-likeness (QED) is 0.0382. The first-order valence-electron chi connectivity index (χ1n) is 48.1. The van der Waals surface area contributed by atoms with Crippen LogP contribution in [0.3, 0.4) is 0 Å². The van der Waals surface area contributed by atoms with Crippen molar-refractivity contribution in [2.45, 2.75) is 193 Å². The first-order chi connectivity index (χ1) is 64.7. The smallest absolute Gasteiger partial charge is 0.337 e. The molecule has 1 aromatic heterocycles. The molecule has 15 heteroatoms. The molecule has 1 amide bonds. The van der Waals surface area contributed by atoms with Crippen molar-refractivity contribution in [2.75, 3.05) is 87.3 Å². The molecule has 0 unspecified atom stereocenters. The van der Waals surface area contributed by atoms with Gasteiger partial charge >= 0.3 is 5.97 Å². The minimum Gasteiger partial charge on any atom is -0.465 e. The summed E-state index contributed by atoms with van der Waals surface area (Å²) in [5.74, 6) is 9.04. The van der Waals surface area contributed by atoms with Gasteiger partial charge in [-0.2, -0.15) is 4.31 Å². The number of benzene rings is 11. The summed E-state index contributed by atoms with van der Waals surface area (Å²) in [7, 11) is -2.04. The number of ketones is 2. The maximum absolute atomic E-state index is 12.8. The van der Waals surface area contributed by atoms with E-state index in [1.165, 1.54) is 118 Å². The van der Waals surface area contributed by atoms with Crippen molar-refractivity contribution in [3.05, 3.63) is 380 Å². The van der Waals surface area contributed by atoms with Gasteiger partial charge in [-0.1, -0.05) is 211 Å². The third kappa shape index (κ3) is 28.1. The molecule has 14 nitrogen and oxygen atoms in total. The summed E-state index contributed by atoms with van der Waals surface area (Å²) in [6.07, 6.45) is 31.7. The minimum absolute atomic E-state index is 0.110. The van der Waals surface area contributed by atoms with Crippen LogP contribution in [0.25, 0.3) is 11.1 Å². The molecule has 5 saturated heterocycles. The van der Waals surface area contributed by atoms with E-state index in [-0.39, 0.29) is 23.4 Å². The van der Waals surface area contributed by atoms with Gasteiger partial charge in [0.05, 0.1) is 17.6 Å². The Morgan fingerprint density at radius 2 is 0.654 bits per heavy atom. The number of Topliss-reactive ketones (excluding diaryl/α,β-unsaturated/α-hetero) is 2. The number of ether oxygens (including phenoxy) is 1.